The molecule has 108 valence electrons. The van der Waals surface area contributed by atoms with Gasteiger partial charge in [0, 0.05) is 24.7 Å². The normalized spacial score (nSPS) is 24.7. The predicted octanol–water partition coefficient (Wildman–Crippen LogP) is 2.18. The summed E-state index contributed by atoms with van der Waals surface area (Å²) >= 11 is 0. The summed E-state index contributed by atoms with van der Waals surface area (Å²) in [6.07, 6.45) is 5.20. The molecule has 1 fully saturated rings. The Morgan fingerprint density at radius 1 is 1.22 bits per heavy atom. The van der Waals surface area contributed by atoms with E-state index >= 15 is 0 Å². The Morgan fingerprint density at radius 3 is 2.39 bits per heavy atom. The number of likely N-dealkylation sites (tertiary alicyclic amines) is 1. The molecular weight excluding hydrogens is 222 g/mol. The Bertz CT molecular complexity index is 224. The SMILES string of the molecule is CCN1CCCC(NCCN(C)C)C1(CC)CC. The van der Waals surface area contributed by atoms with Gasteiger partial charge in [-0.25, -0.2) is 0 Å². The average Bonchev–Trinajstić information content (AvgIpc) is 2.38. The number of piperidine rings is 1. The molecule has 0 aromatic rings. The first kappa shape index (κ1) is 15.9. The maximum atomic E-state index is 3.83. The fourth-order valence-electron chi connectivity index (χ4n) is 3.62. The molecule has 1 rings (SSSR count). The zero-order chi connectivity index (χ0) is 13.6. The second kappa shape index (κ2) is 7.46. The molecule has 0 saturated carbocycles. The zero-order valence-corrected chi connectivity index (χ0v) is 13.1. The summed E-state index contributed by atoms with van der Waals surface area (Å²) in [7, 11) is 4.29. The first-order valence-electron chi connectivity index (χ1n) is 7.73. The van der Waals surface area contributed by atoms with Crippen LogP contribution in [0.4, 0.5) is 0 Å². The second-order valence-electron chi connectivity index (χ2n) is 5.84. The van der Waals surface area contributed by atoms with Crippen molar-refractivity contribution in [1.82, 2.24) is 15.1 Å². The highest BCUT2D eigenvalue weighted by Gasteiger charge is 2.42. The fourth-order valence-corrected chi connectivity index (χ4v) is 3.62. The van der Waals surface area contributed by atoms with E-state index in [0.29, 0.717) is 11.6 Å². The van der Waals surface area contributed by atoms with Gasteiger partial charge in [-0.05, 0) is 52.9 Å². The number of likely N-dealkylation sites (N-methyl/N-ethyl adjacent to an activating group) is 2. The van der Waals surface area contributed by atoms with Crippen LogP contribution in [0.25, 0.3) is 0 Å². The summed E-state index contributed by atoms with van der Waals surface area (Å²) in [5.74, 6) is 0. The van der Waals surface area contributed by atoms with Crippen molar-refractivity contribution in [2.75, 3.05) is 40.3 Å². The monoisotopic (exact) mass is 255 g/mol. The van der Waals surface area contributed by atoms with Crippen LogP contribution in [0.1, 0.15) is 46.5 Å². The van der Waals surface area contributed by atoms with Crippen LogP contribution in [-0.4, -0.2) is 61.7 Å². The molecule has 1 saturated heterocycles. The third-order valence-corrected chi connectivity index (χ3v) is 4.76. The summed E-state index contributed by atoms with van der Waals surface area (Å²) in [5, 5.41) is 3.83. The van der Waals surface area contributed by atoms with Gasteiger partial charge in [-0.3, -0.25) is 4.90 Å². The van der Waals surface area contributed by atoms with Gasteiger partial charge in [0.15, 0.2) is 0 Å². The summed E-state index contributed by atoms with van der Waals surface area (Å²) < 4.78 is 0. The van der Waals surface area contributed by atoms with Gasteiger partial charge < -0.3 is 10.2 Å². The van der Waals surface area contributed by atoms with Gasteiger partial charge in [-0.2, -0.15) is 0 Å². The lowest BCUT2D eigenvalue weighted by molar-refractivity contribution is 0.0112. The van der Waals surface area contributed by atoms with E-state index in [-0.39, 0.29) is 0 Å². The average molecular weight is 255 g/mol. The van der Waals surface area contributed by atoms with Gasteiger partial charge >= 0.3 is 0 Å². The van der Waals surface area contributed by atoms with Crippen LogP contribution in [0.5, 0.6) is 0 Å². The van der Waals surface area contributed by atoms with E-state index < -0.39 is 0 Å². The predicted molar refractivity (Wildman–Crippen MR) is 80.1 cm³/mol. The van der Waals surface area contributed by atoms with Gasteiger partial charge in [0.05, 0.1) is 0 Å². The molecule has 1 aliphatic rings. The van der Waals surface area contributed by atoms with Crippen molar-refractivity contribution >= 4 is 0 Å². The van der Waals surface area contributed by atoms with Crippen LogP contribution in [0.3, 0.4) is 0 Å². The van der Waals surface area contributed by atoms with Crippen molar-refractivity contribution in [2.45, 2.75) is 58.0 Å². The maximum Gasteiger partial charge on any atom is 0.0357 e. The van der Waals surface area contributed by atoms with E-state index in [1.807, 2.05) is 0 Å². The number of nitrogens with zero attached hydrogens (tertiary/aromatic N) is 2. The van der Waals surface area contributed by atoms with Crippen LogP contribution < -0.4 is 5.32 Å². The molecule has 3 heteroatoms. The lowest BCUT2D eigenvalue weighted by Gasteiger charge is -2.52. The molecule has 1 aliphatic heterocycles. The van der Waals surface area contributed by atoms with E-state index in [1.54, 1.807) is 0 Å². The Kier molecular flexibility index (Phi) is 6.61. The molecule has 0 aromatic carbocycles. The van der Waals surface area contributed by atoms with Crippen LogP contribution in [0.15, 0.2) is 0 Å². The van der Waals surface area contributed by atoms with Gasteiger partial charge in [0.25, 0.3) is 0 Å². The van der Waals surface area contributed by atoms with E-state index in [9.17, 15) is 0 Å². The van der Waals surface area contributed by atoms with E-state index in [1.165, 1.54) is 38.8 Å². The number of nitrogens with one attached hydrogen (secondary N) is 1. The highest BCUT2D eigenvalue weighted by molar-refractivity contribution is 5.01. The highest BCUT2D eigenvalue weighted by Crippen LogP contribution is 2.34. The van der Waals surface area contributed by atoms with Gasteiger partial charge in [0.2, 0.25) is 0 Å². The molecule has 3 nitrogen and oxygen atoms in total. The minimum absolute atomic E-state index is 0.388. The summed E-state index contributed by atoms with van der Waals surface area (Å²) in [6, 6.07) is 0.668. The molecular formula is C15H33N3. The van der Waals surface area contributed by atoms with Crippen molar-refractivity contribution < 1.29 is 0 Å². The summed E-state index contributed by atoms with van der Waals surface area (Å²) in [6.45, 7) is 11.7. The molecule has 0 amide bonds. The quantitative estimate of drug-likeness (QED) is 0.752. The maximum absolute atomic E-state index is 3.83. The zero-order valence-electron chi connectivity index (χ0n) is 13.1. The van der Waals surface area contributed by atoms with Crippen molar-refractivity contribution in [3.05, 3.63) is 0 Å². The lowest BCUT2D eigenvalue weighted by Crippen LogP contribution is -2.64. The molecule has 0 bridgehead atoms. The molecule has 0 aromatic heterocycles. The Hall–Kier alpha value is -0.120. The van der Waals surface area contributed by atoms with Crippen molar-refractivity contribution in [2.24, 2.45) is 0 Å². The molecule has 1 unspecified atom stereocenters. The topological polar surface area (TPSA) is 18.5 Å². The number of hydrogen-bond donors (Lipinski definition) is 1. The Labute approximate surface area is 114 Å². The van der Waals surface area contributed by atoms with E-state index in [4.69, 9.17) is 0 Å². The van der Waals surface area contributed by atoms with Crippen LogP contribution >= 0.6 is 0 Å². The van der Waals surface area contributed by atoms with Crippen molar-refractivity contribution in [3.63, 3.8) is 0 Å². The van der Waals surface area contributed by atoms with Gasteiger partial charge in [-0.1, -0.05) is 20.8 Å². The van der Waals surface area contributed by atoms with E-state index in [2.05, 4.69) is 50.0 Å². The number of rotatable bonds is 7. The van der Waals surface area contributed by atoms with Crippen molar-refractivity contribution in [1.29, 1.82) is 0 Å². The highest BCUT2D eigenvalue weighted by atomic mass is 15.2. The standard InChI is InChI=1S/C15H33N3/c1-6-15(7-2)14(16-11-13-17(4)5)10-9-12-18(15)8-3/h14,16H,6-13H2,1-5H3. The molecule has 0 radical (unpaired) electrons. The second-order valence-corrected chi connectivity index (χ2v) is 5.84. The third-order valence-electron chi connectivity index (χ3n) is 4.76. The Morgan fingerprint density at radius 2 is 1.89 bits per heavy atom. The molecule has 1 N–H and O–H groups in total. The third kappa shape index (κ3) is 3.46. The Balaban J connectivity index is 2.66. The first-order valence-corrected chi connectivity index (χ1v) is 7.73. The fraction of sp³-hybridized carbons (Fsp3) is 1.00. The molecule has 1 heterocycles. The molecule has 0 spiro atoms. The lowest BCUT2D eigenvalue weighted by atomic mass is 9.77. The smallest absolute Gasteiger partial charge is 0.0357 e. The molecule has 0 aliphatic carbocycles. The van der Waals surface area contributed by atoms with Gasteiger partial charge in [-0.15, -0.1) is 0 Å². The first-order chi connectivity index (χ1) is 8.60. The minimum Gasteiger partial charge on any atom is -0.311 e. The van der Waals surface area contributed by atoms with Gasteiger partial charge in [0.1, 0.15) is 0 Å². The van der Waals surface area contributed by atoms with Crippen LogP contribution in [-0.2, 0) is 0 Å². The minimum atomic E-state index is 0.388. The largest absolute Gasteiger partial charge is 0.311 e. The van der Waals surface area contributed by atoms with E-state index in [0.717, 1.165) is 13.1 Å². The van der Waals surface area contributed by atoms with Crippen molar-refractivity contribution in [3.8, 4) is 0 Å². The van der Waals surface area contributed by atoms with Crippen LogP contribution in [0.2, 0.25) is 0 Å². The summed E-state index contributed by atoms with van der Waals surface area (Å²) in [5.41, 5.74) is 0.388. The molecule has 18 heavy (non-hydrogen) atoms. The molecule has 1 atom stereocenters. The summed E-state index contributed by atoms with van der Waals surface area (Å²) in [4.78, 5) is 4.97. The number of hydrogen-bond acceptors (Lipinski definition) is 3. The van der Waals surface area contributed by atoms with Crippen LogP contribution in [0, 0.1) is 0 Å².